The van der Waals surface area contributed by atoms with E-state index in [1.54, 1.807) is 6.07 Å². The molecule has 1 saturated carbocycles. The standard InChI is InChI=1S/C11H8F3NO/c12-11(13,14)9-2-1-3-10(8(9)6-15)16-7-4-5-7/h1-3,7H,4-5H2. The minimum Gasteiger partial charge on any atom is -0.489 e. The Morgan fingerprint density at radius 1 is 1.31 bits per heavy atom. The van der Waals surface area contributed by atoms with E-state index in [2.05, 4.69) is 0 Å². The Morgan fingerprint density at radius 2 is 2.00 bits per heavy atom. The van der Waals surface area contributed by atoms with E-state index in [1.165, 1.54) is 12.1 Å². The molecule has 2 rings (SSSR count). The van der Waals surface area contributed by atoms with Crippen LogP contribution >= 0.6 is 0 Å². The van der Waals surface area contributed by atoms with E-state index in [4.69, 9.17) is 10.00 Å². The lowest BCUT2D eigenvalue weighted by Gasteiger charge is -2.12. The lowest BCUT2D eigenvalue weighted by atomic mass is 10.1. The van der Waals surface area contributed by atoms with E-state index in [0.29, 0.717) is 0 Å². The number of alkyl halides is 3. The molecule has 0 amide bonds. The summed E-state index contributed by atoms with van der Waals surface area (Å²) in [4.78, 5) is 0. The van der Waals surface area contributed by atoms with Gasteiger partial charge in [-0.2, -0.15) is 18.4 Å². The molecule has 0 bridgehead atoms. The molecule has 16 heavy (non-hydrogen) atoms. The molecule has 5 heteroatoms. The van der Waals surface area contributed by atoms with Crippen molar-refractivity contribution in [3.63, 3.8) is 0 Å². The van der Waals surface area contributed by atoms with Gasteiger partial charge >= 0.3 is 6.18 Å². The van der Waals surface area contributed by atoms with Gasteiger partial charge in [-0.15, -0.1) is 0 Å². The molecule has 0 heterocycles. The number of rotatable bonds is 2. The quantitative estimate of drug-likeness (QED) is 0.777. The first-order valence-corrected chi connectivity index (χ1v) is 4.79. The fourth-order valence-electron chi connectivity index (χ4n) is 1.35. The van der Waals surface area contributed by atoms with Crippen molar-refractivity contribution in [1.29, 1.82) is 5.26 Å². The van der Waals surface area contributed by atoms with E-state index in [0.717, 1.165) is 18.9 Å². The van der Waals surface area contributed by atoms with Crippen LogP contribution in [0.15, 0.2) is 18.2 Å². The minimum absolute atomic E-state index is 0.0276. The third-order valence-corrected chi connectivity index (χ3v) is 2.26. The molecule has 1 aromatic rings. The van der Waals surface area contributed by atoms with Gasteiger partial charge < -0.3 is 4.74 Å². The van der Waals surface area contributed by atoms with Crippen LogP contribution in [-0.2, 0) is 6.18 Å². The predicted molar refractivity (Wildman–Crippen MR) is 49.8 cm³/mol. The van der Waals surface area contributed by atoms with Gasteiger partial charge in [0.25, 0.3) is 0 Å². The molecule has 0 aromatic heterocycles. The molecule has 0 atom stereocenters. The second-order valence-corrected chi connectivity index (χ2v) is 3.61. The molecule has 0 aliphatic heterocycles. The highest BCUT2D eigenvalue weighted by Crippen LogP contribution is 2.37. The van der Waals surface area contributed by atoms with Crippen LogP contribution in [0.5, 0.6) is 5.75 Å². The number of hydrogen-bond donors (Lipinski definition) is 0. The fraction of sp³-hybridized carbons (Fsp3) is 0.364. The first-order valence-electron chi connectivity index (χ1n) is 4.79. The SMILES string of the molecule is N#Cc1c(OC2CC2)cccc1C(F)(F)F. The number of nitrogens with zero attached hydrogens (tertiary/aromatic N) is 1. The third kappa shape index (κ3) is 2.11. The largest absolute Gasteiger partial charge is 0.489 e. The highest BCUT2D eigenvalue weighted by Gasteiger charge is 2.35. The smallest absolute Gasteiger partial charge is 0.417 e. The molecular weight excluding hydrogens is 219 g/mol. The second kappa shape index (κ2) is 3.71. The molecule has 84 valence electrons. The lowest BCUT2D eigenvalue weighted by Crippen LogP contribution is -2.09. The average molecular weight is 227 g/mol. The average Bonchev–Trinajstić information content (AvgIpc) is 3.00. The molecule has 1 fully saturated rings. The first kappa shape index (κ1) is 10.8. The molecule has 0 N–H and O–H groups in total. The topological polar surface area (TPSA) is 33.0 Å². The Hall–Kier alpha value is -1.70. The maximum atomic E-state index is 12.6. The summed E-state index contributed by atoms with van der Waals surface area (Å²) >= 11 is 0. The van der Waals surface area contributed by atoms with Gasteiger partial charge in [-0.05, 0) is 25.0 Å². The second-order valence-electron chi connectivity index (χ2n) is 3.61. The van der Waals surface area contributed by atoms with Crippen molar-refractivity contribution in [3.8, 4) is 11.8 Å². The zero-order valence-electron chi connectivity index (χ0n) is 8.21. The summed E-state index contributed by atoms with van der Waals surface area (Å²) in [6, 6.07) is 5.09. The Kier molecular flexibility index (Phi) is 2.50. The van der Waals surface area contributed by atoms with E-state index >= 15 is 0 Å². The first-order chi connectivity index (χ1) is 7.52. The zero-order valence-corrected chi connectivity index (χ0v) is 8.21. The zero-order chi connectivity index (χ0) is 11.8. The van der Waals surface area contributed by atoms with Gasteiger partial charge in [-0.1, -0.05) is 6.07 Å². The molecule has 2 nitrogen and oxygen atoms in total. The van der Waals surface area contributed by atoms with Crippen molar-refractivity contribution in [2.45, 2.75) is 25.1 Å². The Bertz CT molecular complexity index is 444. The summed E-state index contributed by atoms with van der Waals surface area (Å²) in [5.41, 5.74) is -1.37. The van der Waals surface area contributed by atoms with Crippen LogP contribution in [0.4, 0.5) is 13.2 Å². The van der Waals surface area contributed by atoms with Crippen LogP contribution in [0.1, 0.15) is 24.0 Å². The van der Waals surface area contributed by atoms with Crippen molar-refractivity contribution in [2.75, 3.05) is 0 Å². The van der Waals surface area contributed by atoms with Gasteiger partial charge in [0.05, 0.1) is 11.7 Å². The Labute approximate surface area is 90.3 Å². The Morgan fingerprint density at radius 3 is 2.50 bits per heavy atom. The summed E-state index contributed by atoms with van der Waals surface area (Å²) in [6.07, 6.45) is -2.88. The molecule has 0 unspecified atom stereocenters. The molecule has 1 aliphatic carbocycles. The normalized spacial score (nSPS) is 15.6. The maximum Gasteiger partial charge on any atom is 0.417 e. The van der Waals surface area contributed by atoms with Crippen molar-refractivity contribution in [1.82, 2.24) is 0 Å². The van der Waals surface area contributed by atoms with Gasteiger partial charge in [0.2, 0.25) is 0 Å². The molecular formula is C11H8F3NO. The van der Waals surface area contributed by atoms with Crippen molar-refractivity contribution >= 4 is 0 Å². The predicted octanol–water partition coefficient (Wildman–Crippen LogP) is 3.12. The minimum atomic E-state index is -4.52. The maximum absolute atomic E-state index is 12.6. The summed E-state index contributed by atoms with van der Waals surface area (Å²) in [5, 5.41) is 8.77. The lowest BCUT2D eigenvalue weighted by molar-refractivity contribution is -0.137. The number of benzene rings is 1. The van der Waals surface area contributed by atoms with E-state index in [-0.39, 0.29) is 11.9 Å². The number of nitriles is 1. The van der Waals surface area contributed by atoms with Crippen LogP contribution in [0.3, 0.4) is 0 Å². The molecule has 0 saturated heterocycles. The summed E-state index contributed by atoms with van der Waals surface area (Å²) < 4.78 is 42.9. The van der Waals surface area contributed by atoms with Gasteiger partial charge in [-0.3, -0.25) is 0 Å². The number of hydrogen-bond acceptors (Lipinski definition) is 2. The molecule has 1 aromatic carbocycles. The van der Waals surface area contributed by atoms with Crippen LogP contribution < -0.4 is 4.74 Å². The summed E-state index contributed by atoms with van der Waals surface area (Å²) in [6.45, 7) is 0. The Balaban J connectivity index is 2.42. The number of halogens is 3. The van der Waals surface area contributed by atoms with Gasteiger partial charge in [0.15, 0.2) is 0 Å². The summed E-state index contributed by atoms with van der Waals surface area (Å²) in [7, 11) is 0. The molecule has 1 aliphatic rings. The van der Waals surface area contributed by atoms with Crippen LogP contribution in [0.2, 0.25) is 0 Å². The third-order valence-electron chi connectivity index (χ3n) is 2.26. The van der Waals surface area contributed by atoms with Gasteiger partial charge in [0, 0.05) is 0 Å². The van der Waals surface area contributed by atoms with Crippen molar-refractivity contribution < 1.29 is 17.9 Å². The van der Waals surface area contributed by atoms with E-state index in [9.17, 15) is 13.2 Å². The van der Waals surface area contributed by atoms with Crippen LogP contribution in [0, 0.1) is 11.3 Å². The fourth-order valence-corrected chi connectivity index (χ4v) is 1.35. The molecule has 0 radical (unpaired) electrons. The van der Waals surface area contributed by atoms with Crippen molar-refractivity contribution in [3.05, 3.63) is 29.3 Å². The monoisotopic (exact) mass is 227 g/mol. The van der Waals surface area contributed by atoms with Gasteiger partial charge in [0.1, 0.15) is 17.4 Å². The molecule has 0 spiro atoms. The van der Waals surface area contributed by atoms with Crippen LogP contribution in [-0.4, -0.2) is 6.10 Å². The van der Waals surface area contributed by atoms with Gasteiger partial charge in [-0.25, -0.2) is 0 Å². The highest BCUT2D eigenvalue weighted by molar-refractivity contribution is 5.50. The van der Waals surface area contributed by atoms with Crippen LogP contribution in [0.25, 0.3) is 0 Å². The summed E-state index contributed by atoms with van der Waals surface area (Å²) in [5.74, 6) is 0.0276. The number of ether oxygens (including phenoxy) is 1. The van der Waals surface area contributed by atoms with Crippen molar-refractivity contribution in [2.24, 2.45) is 0 Å². The van der Waals surface area contributed by atoms with E-state index in [1.807, 2.05) is 0 Å². The highest BCUT2D eigenvalue weighted by atomic mass is 19.4. The van der Waals surface area contributed by atoms with E-state index < -0.39 is 17.3 Å².